The van der Waals surface area contributed by atoms with E-state index in [0.717, 1.165) is 44.1 Å². The van der Waals surface area contributed by atoms with Crippen molar-refractivity contribution in [3.63, 3.8) is 0 Å². The lowest BCUT2D eigenvalue weighted by Gasteiger charge is -2.35. The molecule has 3 heterocycles. The number of likely N-dealkylation sites (tertiary alicyclic amines) is 1. The average Bonchev–Trinajstić information content (AvgIpc) is 2.92. The van der Waals surface area contributed by atoms with Crippen LogP contribution >= 0.6 is 0 Å². The van der Waals surface area contributed by atoms with E-state index in [1.165, 1.54) is 6.42 Å². The van der Waals surface area contributed by atoms with E-state index in [1.54, 1.807) is 0 Å². The molecule has 3 atom stereocenters. The van der Waals surface area contributed by atoms with Gasteiger partial charge in [0.25, 0.3) is 0 Å². The molecule has 0 spiro atoms. The highest BCUT2D eigenvalue weighted by Gasteiger charge is 2.38. The summed E-state index contributed by atoms with van der Waals surface area (Å²) in [7, 11) is 0. The number of esters is 1. The quantitative estimate of drug-likeness (QED) is 0.786. The maximum Gasteiger partial charge on any atom is 0.323 e. The van der Waals surface area contributed by atoms with Gasteiger partial charge in [-0.2, -0.15) is 5.10 Å². The summed E-state index contributed by atoms with van der Waals surface area (Å²) in [5, 5.41) is 4.45. The molecule has 6 nitrogen and oxygen atoms in total. The summed E-state index contributed by atoms with van der Waals surface area (Å²) in [6, 6.07) is -0.0404. The van der Waals surface area contributed by atoms with E-state index in [2.05, 4.69) is 15.0 Å². The minimum absolute atomic E-state index is 0.0404. The van der Waals surface area contributed by atoms with Crippen molar-refractivity contribution in [3.05, 3.63) is 11.6 Å². The van der Waals surface area contributed by atoms with Crippen LogP contribution in [0.15, 0.2) is 0 Å². The van der Waals surface area contributed by atoms with E-state index in [0.29, 0.717) is 5.92 Å². The Hall–Kier alpha value is -1.43. The molecule has 2 aliphatic rings. The first-order valence-corrected chi connectivity index (χ1v) is 7.85. The van der Waals surface area contributed by atoms with Gasteiger partial charge < -0.3 is 4.74 Å². The first kappa shape index (κ1) is 14.5. The molecule has 21 heavy (non-hydrogen) atoms. The van der Waals surface area contributed by atoms with Crippen molar-refractivity contribution in [2.45, 2.75) is 58.7 Å². The van der Waals surface area contributed by atoms with E-state index in [9.17, 15) is 4.79 Å². The fourth-order valence-electron chi connectivity index (χ4n) is 3.54. The Morgan fingerprint density at radius 3 is 2.81 bits per heavy atom. The normalized spacial score (nSPS) is 30.6. The van der Waals surface area contributed by atoms with Crippen LogP contribution in [0.2, 0.25) is 0 Å². The highest BCUT2D eigenvalue weighted by Crippen LogP contribution is 2.26. The second-order valence-corrected chi connectivity index (χ2v) is 6.39. The van der Waals surface area contributed by atoms with Crippen LogP contribution < -0.4 is 0 Å². The Labute approximate surface area is 125 Å². The molecule has 116 valence electrons. The second-order valence-electron chi connectivity index (χ2n) is 6.39. The zero-order valence-electron chi connectivity index (χ0n) is 13.1. The van der Waals surface area contributed by atoms with Crippen LogP contribution in [-0.4, -0.2) is 50.9 Å². The Kier molecular flexibility index (Phi) is 3.97. The number of carbonyl (C=O) groups is 1. The van der Waals surface area contributed by atoms with Gasteiger partial charge in [-0.15, -0.1) is 0 Å². The van der Waals surface area contributed by atoms with Gasteiger partial charge in [0.1, 0.15) is 23.8 Å². The number of hydrogen-bond donors (Lipinski definition) is 0. The number of piperidine rings is 1. The third-order valence-corrected chi connectivity index (χ3v) is 4.53. The topological polar surface area (TPSA) is 60.2 Å². The van der Waals surface area contributed by atoms with Crippen LogP contribution in [0.1, 0.15) is 37.8 Å². The molecule has 0 aromatic carbocycles. The van der Waals surface area contributed by atoms with Crippen molar-refractivity contribution < 1.29 is 9.53 Å². The molecule has 0 amide bonds. The molecule has 3 rings (SSSR count). The number of carbonyl (C=O) groups excluding carboxylic acids is 1. The standard InChI is InChI=1S/C15H24N4O2/c1-10-7-14(15(20)21-10)18-6-4-5-13(8-18)9-19-12(3)16-11(2)17-19/h10,13-14H,4-9H2,1-3H3/t10-,13-,14+/m1/s1. The minimum atomic E-state index is -0.0454. The lowest BCUT2D eigenvalue weighted by Crippen LogP contribution is -2.45. The molecule has 6 heteroatoms. The highest BCUT2D eigenvalue weighted by atomic mass is 16.6. The average molecular weight is 292 g/mol. The van der Waals surface area contributed by atoms with Gasteiger partial charge in [-0.05, 0) is 46.1 Å². The van der Waals surface area contributed by atoms with Crippen molar-refractivity contribution in [1.82, 2.24) is 19.7 Å². The van der Waals surface area contributed by atoms with E-state index < -0.39 is 0 Å². The number of ether oxygens (including phenoxy) is 1. The van der Waals surface area contributed by atoms with Gasteiger partial charge in [-0.3, -0.25) is 9.69 Å². The smallest absolute Gasteiger partial charge is 0.323 e. The minimum Gasteiger partial charge on any atom is -0.461 e. The van der Waals surface area contributed by atoms with Crippen molar-refractivity contribution in [2.75, 3.05) is 13.1 Å². The van der Waals surface area contributed by atoms with Crippen molar-refractivity contribution >= 4 is 5.97 Å². The van der Waals surface area contributed by atoms with Crippen LogP contribution in [-0.2, 0) is 16.1 Å². The van der Waals surface area contributed by atoms with Gasteiger partial charge in [0.05, 0.1) is 0 Å². The number of aromatic nitrogens is 3. The third-order valence-electron chi connectivity index (χ3n) is 4.53. The van der Waals surface area contributed by atoms with E-state index in [-0.39, 0.29) is 18.1 Å². The molecule has 2 saturated heterocycles. The lowest BCUT2D eigenvalue weighted by atomic mass is 9.96. The van der Waals surface area contributed by atoms with Gasteiger partial charge in [0.2, 0.25) is 0 Å². The highest BCUT2D eigenvalue weighted by molar-refractivity contribution is 5.78. The first-order valence-electron chi connectivity index (χ1n) is 7.85. The summed E-state index contributed by atoms with van der Waals surface area (Å²) < 4.78 is 7.29. The van der Waals surface area contributed by atoms with E-state index in [1.807, 2.05) is 25.5 Å². The maximum atomic E-state index is 11.9. The molecule has 2 aliphatic heterocycles. The number of nitrogens with zero attached hydrogens (tertiary/aromatic N) is 4. The van der Waals surface area contributed by atoms with Crippen LogP contribution in [0.4, 0.5) is 0 Å². The summed E-state index contributed by atoms with van der Waals surface area (Å²) in [5.74, 6) is 2.28. The summed E-state index contributed by atoms with van der Waals surface area (Å²) in [6.45, 7) is 8.73. The van der Waals surface area contributed by atoms with Crippen LogP contribution in [0.25, 0.3) is 0 Å². The summed E-state index contributed by atoms with van der Waals surface area (Å²) >= 11 is 0. The maximum absolute atomic E-state index is 11.9. The Bertz CT molecular complexity index is 528. The molecule has 1 aromatic rings. The number of cyclic esters (lactones) is 1. The largest absolute Gasteiger partial charge is 0.461 e. The fraction of sp³-hybridized carbons (Fsp3) is 0.800. The van der Waals surface area contributed by atoms with Gasteiger partial charge in [0, 0.05) is 19.5 Å². The predicted molar refractivity (Wildman–Crippen MR) is 77.8 cm³/mol. The van der Waals surface area contributed by atoms with Crippen LogP contribution in [0.3, 0.4) is 0 Å². The molecular weight excluding hydrogens is 268 g/mol. The molecule has 0 N–H and O–H groups in total. The zero-order chi connectivity index (χ0) is 15.0. The van der Waals surface area contributed by atoms with E-state index >= 15 is 0 Å². The van der Waals surface area contributed by atoms with Crippen LogP contribution in [0, 0.1) is 19.8 Å². The van der Waals surface area contributed by atoms with Gasteiger partial charge in [-0.1, -0.05) is 0 Å². The van der Waals surface area contributed by atoms with Gasteiger partial charge >= 0.3 is 5.97 Å². The van der Waals surface area contributed by atoms with Crippen molar-refractivity contribution in [2.24, 2.45) is 5.92 Å². The predicted octanol–water partition coefficient (Wildman–Crippen LogP) is 1.31. The lowest BCUT2D eigenvalue weighted by molar-refractivity contribution is -0.145. The molecule has 0 unspecified atom stereocenters. The monoisotopic (exact) mass is 292 g/mol. The molecule has 0 radical (unpaired) electrons. The summed E-state index contributed by atoms with van der Waals surface area (Å²) in [4.78, 5) is 18.6. The Balaban J connectivity index is 1.63. The third kappa shape index (κ3) is 3.10. The van der Waals surface area contributed by atoms with Crippen molar-refractivity contribution in [1.29, 1.82) is 0 Å². The number of aryl methyl sites for hydroxylation is 2. The van der Waals surface area contributed by atoms with Gasteiger partial charge in [-0.25, -0.2) is 9.67 Å². The Morgan fingerprint density at radius 2 is 2.19 bits per heavy atom. The molecule has 1 aromatic heterocycles. The zero-order valence-corrected chi connectivity index (χ0v) is 13.1. The number of rotatable bonds is 3. The molecule has 0 aliphatic carbocycles. The van der Waals surface area contributed by atoms with Crippen LogP contribution in [0.5, 0.6) is 0 Å². The SMILES string of the molecule is Cc1nc(C)n(C[C@@H]2CCCN([C@H]3C[C@@H](C)OC3=O)C2)n1. The Morgan fingerprint density at radius 1 is 1.38 bits per heavy atom. The fourth-order valence-corrected chi connectivity index (χ4v) is 3.54. The molecule has 0 bridgehead atoms. The first-order chi connectivity index (χ1) is 10.0. The van der Waals surface area contributed by atoms with Crippen molar-refractivity contribution in [3.8, 4) is 0 Å². The molecule has 2 fully saturated rings. The molecule has 0 saturated carbocycles. The molecular formula is C15H24N4O2. The number of hydrogen-bond acceptors (Lipinski definition) is 5. The summed E-state index contributed by atoms with van der Waals surface area (Å²) in [6.07, 6.45) is 3.21. The van der Waals surface area contributed by atoms with Gasteiger partial charge in [0.15, 0.2) is 0 Å². The summed E-state index contributed by atoms with van der Waals surface area (Å²) in [5.41, 5.74) is 0. The van der Waals surface area contributed by atoms with E-state index in [4.69, 9.17) is 4.74 Å². The second kappa shape index (κ2) is 5.75.